The standard InChI is InChI=1S/C20H19ClN4O/c1-13-7-14(2)9-17(8-13)25-19-10-18(23-12-24-19)20(26)22-11-15-3-5-16(21)6-4-15/h3-10,12H,11H2,1-2H3,(H,22,26)(H,23,24,25). The minimum Gasteiger partial charge on any atom is -0.347 e. The molecule has 132 valence electrons. The summed E-state index contributed by atoms with van der Waals surface area (Å²) < 4.78 is 0. The Labute approximate surface area is 157 Å². The van der Waals surface area contributed by atoms with Crippen LogP contribution >= 0.6 is 11.6 Å². The molecule has 6 heteroatoms. The van der Waals surface area contributed by atoms with Crippen LogP contribution in [0.1, 0.15) is 27.2 Å². The fourth-order valence-electron chi connectivity index (χ4n) is 2.62. The van der Waals surface area contributed by atoms with E-state index in [2.05, 4.69) is 26.7 Å². The zero-order valence-electron chi connectivity index (χ0n) is 14.6. The summed E-state index contributed by atoms with van der Waals surface area (Å²) in [5, 5.41) is 6.72. The average molecular weight is 367 g/mol. The van der Waals surface area contributed by atoms with Crippen molar-refractivity contribution >= 4 is 29.0 Å². The van der Waals surface area contributed by atoms with Gasteiger partial charge in [0.15, 0.2) is 0 Å². The van der Waals surface area contributed by atoms with Crippen molar-refractivity contribution in [1.82, 2.24) is 15.3 Å². The van der Waals surface area contributed by atoms with Gasteiger partial charge in [0.2, 0.25) is 0 Å². The summed E-state index contributed by atoms with van der Waals surface area (Å²) in [6, 6.07) is 15.1. The van der Waals surface area contributed by atoms with E-state index in [0.717, 1.165) is 22.4 Å². The minimum atomic E-state index is -0.258. The molecule has 0 unspecified atom stereocenters. The number of hydrogen-bond donors (Lipinski definition) is 2. The molecule has 26 heavy (non-hydrogen) atoms. The molecule has 2 N–H and O–H groups in total. The number of aryl methyl sites for hydroxylation is 2. The quantitative estimate of drug-likeness (QED) is 0.701. The van der Waals surface area contributed by atoms with Crippen LogP contribution in [0.4, 0.5) is 11.5 Å². The third-order valence-corrected chi connectivity index (χ3v) is 4.01. The first-order chi connectivity index (χ1) is 12.5. The number of nitrogens with zero attached hydrogens (tertiary/aromatic N) is 2. The lowest BCUT2D eigenvalue weighted by atomic mass is 10.1. The number of anilines is 2. The van der Waals surface area contributed by atoms with Crippen molar-refractivity contribution < 1.29 is 4.79 Å². The highest BCUT2D eigenvalue weighted by molar-refractivity contribution is 6.30. The van der Waals surface area contributed by atoms with Gasteiger partial charge in [0.05, 0.1) is 0 Å². The lowest BCUT2D eigenvalue weighted by Crippen LogP contribution is -2.24. The highest BCUT2D eigenvalue weighted by atomic mass is 35.5. The maximum atomic E-state index is 12.3. The van der Waals surface area contributed by atoms with Crippen molar-refractivity contribution in [3.8, 4) is 0 Å². The fourth-order valence-corrected chi connectivity index (χ4v) is 2.75. The summed E-state index contributed by atoms with van der Waals surface area (Å²) in [5.74, 6) is 0.312. The van der Waals surface area contributed by atoms with Gasteiger partial charge in [-0.25, -0.2) is 9.97 Å². The van der Waals surface area contributed by atoms with Crippen molar-refractivity contribution in [1.29, 1.82) is 0 Å². The van der Waals surface area contributed by atoms with Gasteiger partial charge >= 0.3 is 0 Å². The molecule has 1 amide bonds. The van der Waals surface area contributed by atoms with Crippen molar-refractivity contribution in [2.75, 3.05) is 5.32 Å². The molecule has 0 aliphatic carbocycles. The third-order valence-electron chi connectivity index (χ3n) is 3.76. The minimum absolute atomic E-state index is 0.258. The number of rotatable bonds is 5. The van der Waals surface area contributed by atoms with Crippen molar-refractivity contribution in [3.05, 3.63) is 82.3 Å². The molecule has 0 aliphatic heterocycles. The van der Waals surface area contributed by atoms with Crippen LogP contribution in [0.5, 0.6) is 0 Å². The predicted molar refractivity (Wildman–Crippen MR) is 104 cm³/mol. The van der Waals surface area contributed by atoms with Crippen LogP contribution < -0.4 is 10.6 Å². The van der Waals surface area contributed by atoms with Crippen LogP contribution in [0, 0.1) is 13.8 Å². The van der Waals surface area contributed by atoms with E-state index < -0.39 is 0 Å². The number of carbonyl (C=O) groups excluding carboxylic acids is 1. The maximum absolute atomic E-state index is 12.3. The van der Waals surface area contributed by atoms with Crippen LogP contribution in [-0.4, -0.2) is 15.9 Å². The van der Waals surface area contributed by atoms with E-state index >= 15 is 0 Å². The number of benzene rings is 2. The van der Waals surface area contributed by atoms with Crippen LogP contribution in [0.25, 0.3) is 0 Å². The molecule has 0 saturated heterocycles. The second-order valence-corrected chi connectivity index (χ2v) is 6.54. The van der Waals surface area contributed by atoms with Crippen LogP contribution in [0.2, 0.25) is 5.02 Å². The molecular weight excluding hydrogens is 348 g/mol. The van der Waals surface area contributed by atoms with Crippen LogP contribution in [0.3, 0.4) is 0 Å². The van der Waals surface area contributed by atoms with E-state index in [9.17, 15) is 4.79 Å². The second-order valence-electron chi connectivity index (χ2n) is 6.10. The van der Waals surface area contributed by atoms with Crippen molar-refractivity contribution in [2.24, 2.45) is 0 Å². The van der Waals surface area contributed by atoms with E-state index in [-0.39, 0.29) is 5.91 Å². The van der Waals surface area contributed by atoms with Gasteiger partial charge in [-0.05, 0) is 54.8 Å². The highest BCUT2D eigenvalue weighted by Crippen LogP contribution is 2.18. The molecule has 2 aromatic carbocycles. The summed E-state index contributed by atoms with van der Waals surface area (Å²) in [7, 11) is 0. The molecule has 1 aromatic heterocycles. The van der Waals surface area contributed by atoms with Crippen molar-refractivity contribution in [3.63, 3.8) is 0 Å². The predicted octanol–water partition coefficient (Wildman–Crippen LogP) is 4.42. The summed E-state index contributed by atoms with van der Waals surface area (Å²) in [5.41, 5.74) is 4.50. The average Bonchev–Trinajstić information content (AvgIpc) is 2.60. The lowest BCUT2D eigenvalue weighted by Gasteiger charge is -2.09. The fraction of sp³-hybridized carbons (Fsp3) is 0.150. The molecule has 1 heterocycles. The van der Waals surface area contributed by atoms with Crippen molar-refractivity contribution in [2.45, 2.75) is 20.4 Å². The molecule has 3 aromatic rings. The second kappa shape index (κ2) is 7.97. The Balaban J connectivity index is 1.67. The highest BCUT2D eigenvalue weighted by Gasteiger charge is 2.09. The molecule has 0 bridgehead atoms. The van der Waals surface area contributed by atoms with Gasteiger partial charge in [0.25, 0.3) is 5.91 Å². The SMILES string of the molecule is Cc1cc(C)cc(Nc2cc(C(=O)NCc3ccc(Cl)cc3)ncn2)c1. The molecule has 0 radical (unpaired) electrons. The third kappa shape index (κ3) is 4.80. The van der Waals surface area contributed by atoms with Crippen LogP contribution in [0.15, 0.2) is 54.9 Å². The normalized spacial score (nSPS) is 10.4. The monoisotopic (exact) mass is 366 g/mol. The Kier molecular flexibility index (Phi) is 5.49. The first-order valence-electron chi connectivity index (χ1n) is 8.19. The molecular formula is C20H19ClN4O. The molecule has 5 nitrogen and oxygen atoms in total. The lowest BCUT2D eigenvalue weighted by molar-refractivity contribution is 0.0946. The Morgan fingerprint density at radius 3 is 2.38 bits per heavy atom. The van der Waals surface area contributed by atoms with E-state index in [4.69, 9.17) is 11.6 Å². The summed E-state index contributed by atoms with van der Waals surface area (Å²) in [6.45, 7) is 4.47. The maximum Gasteiger partial charge on any atom is 0.270 e. The Morgan fingerprint density at radius 2 is 1.69 bits per heavy atom. The first-order valence-corrected chi connectivity index (χ1v) is 8.57. The van der Waals surface area contributed by atoms with Gasteiger partial charge in [0.1, 0.15) is 17.8 Å². The zero-order valence-corrected chi connectivity index (χ0v) is 15.3. The number of aromatic nitrogens is 2. The molecule has 0 aliphatic rings. The molecule has 0 fully saturated rings. The zero-order chi connectivity index (χ0) is 18.5. The van der Waals surface area contributed by atoms with Gasteiger partial charge in [0, 0.05) is 23.3 Å². The first kappa shape index (κ1) is 17.9. The molecule has 0 spiro atoms. The molecule has 0 atom stereocenters. The number of carbonyl (C=O) groups is 1. The van der Waals surface area contributed by atoms with Gasteiger partial charge in [-0.1, -0.05) is 29.8 Å². The number of hydrogen-bond acceptors (Lipinski definition) is 4. The number of halogens is 1. The molecule has 0 saturated carbocycles. The van der Waals surface area contributed by atoms with Gasteiger partial charge in [-0.15, -0.1) is 0 Å². The van der Waals surface area contributed by atoms with E-state index in [0.29, 0.717) is 23.1 Å². The number of amides is 1. The van der Waals surface area contributed by atoms with Gasteiger partial charge in [-0.2, -0.15) is 0 Å². The molecule has 3 rings (SSSR count). The Hall–Kier alpha value is -2.92. The van der Waals surface area contributed by atoms with Crippen LogP contribution in [-0.2, 0) is 6.54 Å². The topological polar surface area (TPSA) is 66.9 Å². The van der Waals surface area contributed by atoms with Gasteiger partial charge < -0.3 is 10.6 Å². The Bertz CT molecular complexity index is 905. The summed E-state index contributed by atoms with van der Waals surface area (Å²) in [6.07, 6.45) is 1.38. The largest absolute Gasteiger partial charge is 0.347 e. The summed E-state index contributed by atoms with van der Waals surface area (Å²) >= 11 is 5.86. The number of nitrogens with one attached hydrogen (secondary N) is 2. The smallest absolute Gasteiger partial charge is 0.270 e. The Morgan fingerprint density at radius 1 is 1.00 bits per heavy atom. The summed E-state index contributed by atoms with van der Waals surface area (Å²) in [4.78, 5) is 20.6. The van der Waals surface area contributed by atoms with E-state index in [1.54, 1.807) is 18.2 Å². The van der Waals surface area contributed by atoms with E-state index in [1.807, 2.05) is 38.1 Å². The van der Waals surface area contributed by atoms with E-state index in [1.165, 1.54) is 6.33 Å². The van der Waals surface area contributed by atoms with Gasteiger partial charge in [-0.3, -0.25) is 4.79 Å².